The third-order valence-corrected chi connectivity index (χ3v) is 7.44. The van der Waals surface area contributed by atoms with Crippen molar-refractivity contribution in [1.29, 1.82) is 0 Å². The molecule has 0 aliphatic carbocycles. The number of guanidine groups is 1. The van der Waals surface area contributed by atoms with Crippen molar-refractivity contribution in [1.82, 2.24) is 19.8 Å². The van der Waals surface area contributed by atoms with Crippen molar-refractivity contribution < 1.29 is 8.42 Å². The average Bonchev–Trinajstić information content (AvgIpc) is 3.31. The lowest BCUT2D eigenvalue weighted by molar-refractivity contribution is 0.245. The minimum absolute atomic E-state index is 0.292. The molecule has 168 valence electrons. The van der Waals surface area contributed by atoms with Crippen LogP contribution in [-0.2, 0) is 16.6 Å². The van der Waals surface area contributed by atoms with Crippen LogP contribution in [0.4, 0.5) is 0 Å². The lowest BCUT2D eigenvalue weighted by Crippen LogP contribution is -2.42. The molecule has 1 fully saturated rings. The second kappa shape index (κ2) is 10.7. The molecule has 1 aliphatic heterocycles. The molecule has 0 spiro atoms. The fourth-order valence-corrected chi connectivity index (χ4v) is 4.68. The zero-order chi connectivity index (χ0) is 22.3. The minimum atomic E-state index is -3.41. The van der Waals surface area contributed by atoms with Gasteiger partial charge in [-0.1, -0.05) is 42.5 Å². The van der Waals surface area contributed by atoms with Gasteiger partial charge in [0.2, 0.25) is 10.0 Å². The molecule has 1 atom stereocenters. The van der Waals surface area contributed by atoms with Gasteiger partial charge in [-0.2, -0.15) is 0 Å². The molecule has 3 rings (SSSR count). The van der Waals surface area contributed by atoms with E-state index in [1.54, 1.807) is 19.2 Å². The molecule has 31 heavy (non-hydrogen) atoms. The van der Waals surface area contributed by atoms with Crippen LogP contribution in [0.5, 0.6) is 0 Å². The van der Waals surface area contributed by atoms with Crippen LogP contribution in [0.25, 0.3) is 0 Å². The zero-order valence-electron chi connectivity index (χ0n) is 18.6. The van der Waals surface area contributed by atoms with Crippen LogP contribution in [0.15, 0.2) is 64.5 Å². The predicted octanol–water partition coefficient (Wildman–Crippen LogP) is 2.44. The third-order valence-electron chi connectivity index (χ3n) is 5.61. The molecule has 2 aromatic carbocycles. The van der Waals surface area contributed by atoms with Gasteiger partial charge < -0.3 is 10.6 Å². The van der Waals surface area contributed by atoms with Gasteiger partial charge in [0, 0.05) is 34.2 Å². The molecule has 0 amide bonds. The predicted molar refractivity (Wildman–Crippen MR) is 126 cm³/mol. The first kappa shape index (κ1) is 23.2. The number of rotatable bonds is 8. The maximum Gasteiger partial charge on any atom is 0.242 e. The van der Waals surface area contributed by atoms with Crippen LogP contribution in [0.1, 0.15) is 30.0 Å². The Morgan fingerprint density at radius 2 is 1.68 bits per heavy atom. The van der Waals surface area contributed by atoms with Gasteiger partial charge in [-0.25, -0.2) is 12.7 Å². The van der Waals surface area contributed by atoms with Crippen molar-refractivity contribution in [2.24, 2.45) is 4.99 Å². The molecule has 0 radical (unpaired) electrons. The van der Waals surface area contributed by atoms with Crippen LogP contribution in [-0.4, -0.2) is 64.4 Å². The number of likely N-dealkylation sites (tertiary alicyclic amines) is 1. The molecular weight excluding hydrogens is 410 g/mol. The summed E-state index contributed by atoms with van der Waals surface area (Å²) in [6.45, 7) is 3.57. The monoisotopic (exact) mass is 443 g/mol. The molecule has 0 saturated carbocycles. The fourth-order valence-electron chi connectivity index (χ4n) is 3.78. The number of hydrogen-bond acceptors (Lipinski definition) is 4. The zero-order valence-corrected chi connectivity index (χ0v) is 19.4. The standard InChI is InChI=1S/C23H33N5O2S/c1-24-23(25-17-19-11-13-21(14-12-19)31(29,30)27(2)3)26-18-22(28-15-7-8-16-28)20-9-5-4-6-10-20/h4-6,9-14,22H,7-8,15-18H2,1-3H3,(H2,24,25,26). The SMILES string of the molecule is CN=C(NCc1ccc(S(=O)(=O)N(C)C)cc1)NCC(c1ccccc1)N1CCCC1. The van der Waals surface area contributed by atoms with Crippen LogP contribution in [0.3, 0.4) is 0 Å². The average molecular weight is 444 g/mol. The Morgan fingerprint density at radius 1 is 1.03 bits per heavy atom. The summed E-state index contributed by atoms with van der Waals surface area (Å²) in [5.41, 5.74) is 2.30. The van der Waals surface area contributed by atoms with Gasteiger partial charge >= 0.3 is 0 Å². The maximum atomic E-state index is 12.2. The van der Waals surface area contributed by atoms with E-state index < -0.39 is 10.0 Å². The third kappa shape index (κ3) is 6.06. The second-order valence-electron chi connectivity index (χ2n) is 7.91. The van der Waals surface area contributed by atoms with Gasteiger partial charge in [0.1, 0.15) is 0 Å². The first-order valence-corrected chi connectivity index (χ1v) is 12.1. The van der Waals surface area contributed by atoms with E-state index in [0.29, 0.717) is 17.5 Å². The molecule has 1 unspecified atom stereocenters. The molecule has 1 saturated heterocycles. The van der Waals surface area contributed by atoms with E-state index in [0.717, 1.165) is 31.2 Å². The van der Waals surface area contributed by atoms with Gasteiger partial charge in [0.25, 0.3) is 0 Å². The highest BCUT2D eigenvalue weighted by Gasteiger charge is 2.23. The Morgan fingerprint density at radius 3 is 2.26 bits per heavy atom. The highest BCUT2D eigenvalue weighted by Crippen LogP contribution is 2.24. The molecule has 0 aromatic heterocycles. The summed E-state index contributed by atoms with van der Waals surface area (Å²) in [6, 6.07) is 17.8. The Labute approximate surface area is 186 Å². The maximum absolute atomic E-state index is 12.2. The topological polar surface area (TPSA) is 77.0 Å². The molecule has 7 nitrogen and oxygen atoms in total. The van der Waals surface area contributed by atoms with Gasteiger partial charge in [-0.15, -0.1) is 0 Å². The summed E-state index contributed by atoms with van der Waals surface area (Å²) < 4.78 is 25.6. The first-order valence-electron chi connectivity index (χ1n) is 10.7. The minimum Gasteiger partial charge on any atom is -0.354 e. The summed E-state index contributed by atoms with van der Waals surface area (Å²) in [7, 11) is 1.42. The van der Waals surface area contributed by atoms with E-state index in [1.165, 1.54) is 36.8 Å². The van der Waals surface area contributed by atoms with Crippen molar-refractivity contribution >= 4 is 16.0 Å². The van der Waals surface area contributed by atoms with Gasteiger partial charge in [-0.05, 0) is 49.2 Å². The molecule has 2 N–H and O–H groups in total. The van der Waals surface area contributed by atoms with E-state index in [2.05, 4.69) is 44.8 Å². The molecule has 1 heterocycles. The van der Waals surface area contributed by atoms with Crippen molar-refractivity contribution in [2.75, 3.05) is 40.8 Å². The number of aliphatic imine (C=N–C) groups is 1. The van der Waals surface area contributed by atoms with Gasteiger partial charge in [0.05, 0.1) is 10.9 Å². The number of hydrogen-bond donors (Lipinski definition) is 2. The smallest absolute Gasteiger partial charge is 0.242 e. The fraction of sp³-hybridized carbons (Fsp3) is 0.435. The Balaban J connectivity index is 1.59. The molecule has 8 heteroatoms. The Bertz CT molecular complexity index is 953. The van der Waals surface area contributed by atoms with Gasteiger partial charge in [-0.3, -0.25) is 9.89 Å². The number of nitrogens with one attached hydrogen (secondary N) is 2. The van der Waals surface area contributed by atoms with Crippen molar-refractivity contribution in [3.63, 3.8) is 0 Å². The normalized spacial score (nSPS) is 16.5. The van der Waals surface area contributed by atoms with E-state index in [1.807, 2.05) is 18.2 Å². The molecular formula is C23H33N5O2S. The summed E-state index contributed by atoms with van der Waals surface area (Å²) in [6.07, 6.45) is 2.49. The number of nitrogens with zero attached hydrogens (tertiary/aromatic N) is 3. The Hall–Kier alpha value is -2.42. The van der Waals surface area contributed by atoms with E-state index in [-0.39, 0.29) is 0 Å². The molecule has 1 aliphatic rings. The molecule has 0 bridgehead atoms. The number of benzene rings is 2. The largest absolute Gasteiger partial charge is 0.354 e. The van der Waals surface area contributed by atoms with Crippen molar-refractivity contribution in [3.05, 3.63) is 65.7 Å². The van der Waals surface area contributed by atoms with Crippen LogP contribution >= 0.6 is 0 Å². The summed E-state index contributed by atoms with van der Waals surface area (Å²) in [5, 5.41) is 6.78. The highest BCUT2D eigenvalue weighted by atomic mass is 32.2. The quantitative estimate of drug-likeness (QED) is 0.484. The summed E-state index contributed by atoms with van der Waals surface area (Å²) in [5.74, 6) is 0.727. The van der Waals surface area contributed by atoms with Gasteiger partial charge in [0.15, 0.2) is 5.96 Å². The second-order valence-corrected chi connectivity index (χ2v) is 10.1. The highest BCUT2D eigenvalue weighted by molar-refractivity contribution is 7.89. The lowest BCUT2D eigenvalue weighted by atomic mass is 10.1. The lowest BCUT2D eigenvalue weighted by Gasteiger charge is -2.29. The number of sulfonamides is 1. The van der Waals surface area contributed by atoms with Crippen LogP contribution in [0.2, 0.25) is 0 Å². The van der Waals surface area contributed by atoms with Crippen LogP contribution < -0.4 is 10.6 Å². The van der Waals surface area contributed by atoms with Crippen molar-refractivity contribution in [2.45, 2.75) is 30.3 Å². The van der Waals surface area contributed by atoms with Crippen molar-refractivity contribution in [3.8, 4) is 0 Å². The summed E-state index contributed by atoms with van der Waals surface area (Å²) >= 11 is 0. The van der Waals surface area contributed by atoms with E-state index in [9.17, 15) is 8.42 Å². The van der Waals surface area contributed by atoms with Crippen LogP contribution in [0, 0.1) is 0 Å². The van der Waals surface area contributed by atoms with E-state index in [4.69, 9.17) is 0 Å². The molecule has 2 aromatic rings. The first-order chi connectivity index (χ1) is 14.9. The van der Waals surface area contributed by atoms with E-state index >= 15 is 0 Å². The summed E-state index contributed by atoms with van der Waals surface area (Å²) in [4.78, 5) is 7.17. The Kier molecular flexibility index (Phi) is 8.06.